The molecule has 1 aromatic heterocycles. The summed E-state index contributed by atoms with van der Waals surface area (Å²) in [5, 5.41) is 8.24. The van der Waals surface area contributed by atoms with Crippen LogP contribution in [0.2, 0.25) is 5.02 Å². The molecule has 0 amide bonds. The molecule has 3 nitrogen and oxygen atoms in total. The molecule has 0 atom stereocenters. The Morgan fingerprint density at radius 2 is 2.25 bits per heavy atom. The summed E-state index contributed by atoms with van der Waals surface area (Å²) in [6.45, 7) is 0.758. The second-order valence-corrected chi connectivity index (χ2v) is 5.02. The van der Waals surface area contributed by atoms with Gasteiger partial charge in [0, 0.05) is 27.5 Å². The Morgan fingerprint density at radius 1 is 1.44 bits per heavy atom. The van der Waals surface area contributed by atoms with Crippen LogP contribution in [-0.2, 0) is 13.6 Å². The van der Waals surface area contributed by atoms with Gasteiger partial charge in [0.2, 0.25) is 0 Å². The summed E-state index contributed by atoms with van der Waals surface area (Å²) in [5.41, 5.74) is 2.23. The molecule has 2 aromatic rings. The van der Waals surface area contributed by atoms with Gasteiger partial charge >= 0.3 is 0 Å². The van der Waals surface area contributed by atoms with E-state index in [1.54, 1.807) is 6.20 Å². The first-order valence-electron chi connectivity index (χ1n) is 4.82. The van der Waals surface area contributed by atoms with Crippen LogP contribution in [0.5, 0.6) is 0 Å². The van der Waals surface area contributed by atoms with Crippen LogP contribution in [0.4, 0.5) is 5.69 Å². The van der Waals surface area contributed by atoms with Gasteiger partial charge < -0.3 is 5.32 Å². The maximum Gasteiger partial charge on any atom is 0.0571 e. The highest BCUT2D eigenvalue weighted by atomic mass is 127. The molecule has 0 radical (unpaired) electrons. The lowest BCUT2D eigenvalue weighted by Crippen LogP contribution is -2.06. The molecule has 0 aliphatic heterocycles. The van der Waals surface area contributed by atoms with Crippen molar-refractivity contribution in [3.8, 4) is 0 Å². The van der Waals surface area contributed by atoms with Crippen molar-refractivity contribution in [3.63, 3.8) is 0 Å². The third-order valence-electron chi connectivity index (χ3n) is 2.31. The highest BCUT2D eigenvalue weighted by Gasteiger charge is 2.02. The van der Waals surface area contributed by atoms with Gasteiger partial charge in [-0.2, -0.15) is 5.10 Å². The second kappa shape index (κ2) is 5.05. The molecule has 1 N–H and O–H groups in total. The van der Waals surface area contributed by atoms with Crippen LogP contribution in [0.3, 0.4) is 0 Å². The van der Waals surface area contributed by atoms with Crippen LogP contribution in [-0.4, -0.2) is 9.78 Å². The molecule has 0 saturated carbocycles. The Kier molecular flexibility index (Phi) is 3.70. The first kappa shape index (κ1) is 11.7. The summed E-state index contributed by atoms with van der Waals surface area (Å²) >= 11 is 8.16. The number of rotatable bonds is 3. The van der Waals surface area contributed by atoms with Crippen molar-refractivity contribution in [2.75, 3.05) is 5.32 Å². The molecule has 1 aromatic carbocycles. The average molecular weight is 348 g/mol. The fourth-order valence-corrected chi connectivity index (χ4v) is 2.46. The summed E-state index contributed by atoms with van der Waals surface area (Å²) in [6.07, 6.45) is 1.80. The van der Waals surface area contributed by atoms with Crippen LogP contribution in [0, 0.1) is 3.57 Å². The molecular formula is C11H11ClIN3. The lowest BCUT2D eigenvalue weighted by Gasteiger charge is -2.08. The Hall–Kier alpha value is -0.750. The van der Waals surface area contributed by atoms with E-state index in [0.717, 1.165) is 26.5 Å². The molecule has 2 rings (SSSR count). The van der Waals surface area contributed by atoms with Crippen molar-refractivity contribution in [2.45, 2.75) is 6.54 Å². The number of hydrogen-bond donors (Lipinski definition) is 1. The molecule has 16 heavy (non-hydrogen) atoms. The summed E-state index contributed by atoms with van der Waals surface area (Å²) in [7, 11) is 1.93. The van der Waals surface area contributed by atoms with E-state index in [-0.39, 0.29) is 0 Å². The fourth-order valence-electron chi connectivity index (χ4n) is 1.39. The zero-order valence-electron chi connectivity index (χ0n) is 8.74. The van der Waals surface area contributed by atoms with Crippen LogP contribution < -0.4 is 5.32 Å². The van der Waals surface area contributed by atoms with E-state index in [1.807, 2.05) is 36.0 Å². The number of aryl methyl sites for hydroxylation is 1. The summed E-state index contributed by atoms with van der Waals surface area (Å²) < 4.78 is 2.97. The van der Waals surface area contributed by atoms with Crippen LogP contribution in [0.1, 0.15) is 5.69 Å². The third-order valence-corrected chi connectivity index (χ3v) is 3.44. The van der Waals surface area contributed by atoms with Gasteiger partial charge in [0.05, 0.1) is 12.2 Å². The van der Waals surface area contributed by atoms with Crippen LogP contribution in [0.15, 0.2) is 30.5 Å². The summed E-state index contributed by atoms with van der Waals surface area (Å²) in [6, 6.07) is 7.80. The van der Waals surface area contributed by atoms with E-state index in [2.05, 4.69) is 33.0 Å². The van der Waals surface area contributed by atoms with Gasteiger partial charge in [-0.05, 0) is 46.9 Å². The summed E-state index contributed by atoms with van der Waals surface area (Å²) in [5.74, 6) is 0. The third kappa shape index (κ3) is 2.68. The highest BCUT2D eigenvalue weighted by molar-refractivity contribution is 14.1. The van der Waals surface area contributed by atoms with Crippen molar-refractivity contribution < 1.29 is 0 Å². The van der Waals surface area contributed by atoms with Crippen molar-refractivity contribution in [1.29, 1.82) is 0 Å². The number of halogens is 2. The smallest absolute Gasteiger partial charge is 0.0571 e. The van der Waals surface area contributed by atoms with E-state index < -0.39 is 0 Å². The van der Waals surface area contributed by atoms with Crippen molar-refractivity contribution >= 4 is 39.9 Å². The molecule has 0 aliphatic rings. The maximum atomic E-state index is 5.90. The van der Waals surface area contributed by atoms with Crippen LogP contribution >= 0.6 is 34.2 Å². The molecule has 0 bridgehead atoms. The van der Waals surface area contributed by atoms with Gasteiger partial charge in [-0.25, -0.2) is 0 Å². The van der Waals surface area contributed by atoms with E-state index >= 15 is 0 Å². The molecule has 0 fully saturated rings. The molecule has 84 valence electrons. The number of aromatic nitrogens is 2. The van der Waals surface area contributed by atoms with E-state index in [1.165, 1.54) is 0 Å². The molecule has 0 saturated heterocycles. The monoisotopic (exact) mass is 347 g/mol. The Bertz CT molecular complexity index is 496. The van der Waals surface area contributed by atoms with Gasteiger partial charge in [0.15, 0.2) is 0 Å². The minimum Gasteiger partial charge on any atom is -0.379 e. The first-order chi connectivity index (χ1) is 7.66. The molecule has 0 spiro atoms. The number of benzene rings is 1. The lowest BCUT2D eigenvalue weighted by atomic mass is 10.3. The highest BCUT2D eigenvalue weighted by Crippen LogP contribution is 2.22. The second-order valence-electron chi connectivity index (χ2n) is 3.42. The zero-order valence-corrected chi connectivity index (χ0v) is 11.7. The standard InChI is InChI=1S/C11H11ClIN3/c1-16-9(4-5-15-16)7-14-11-3-2-8(12)6-10(11)13/h2-6,14H,7H2,1H3. The Labute approximate surface area is 113 Å². The number of hydrogen-bond acceptors (Lipinski definition) is 2. The van der Waals surface area contributed by atoms with E-state index in [9.17, 15) is 0 Å². The molecule has 0 aliphatic carbocycles. The topological polar surface area (TPSA) is 29.9 Å². The SMILES string of the molecule is Cn1nccc1CNc1ccc(Cl)cc1I. The summed E-state index contributed by atoms with van der Waals surface area (Å²) in [4.78, 5) is 0. The lowest BCUT2D eigenvalue weighted by molar-refractivity contribution is 0.720. The van der Waals surface area contributed by atoms with E-state index in [4.69, 9.17) is 11.6 Å². The largest absolute Gasteiger partial charge is 0.379 e. The van der Waals surface area contributed by atoms with Gasteiger partial charge in [-0.1, -0.05) is 11.6 Å². The minimum atomic E-state index is 0.758. The quantitative estimate of drug-likeness (QED) is 0.864. The van der Waals surface area contributed by atoms with Crippen molar-refractivity contribution in [2.24, 2.45) is 7.05 Å². The number of anilines is 1. The maximum absolute atomic E-state index is 5.90. The molecule has 1 heterocycles. The normalized spacial score (nSPS) is 10.4. The van der Waals surface area contributed by atoms with Crippen molar-refractivity contribution in [3.05, 3.63) is 44.7 Å². The molecule has 5 heteroatoms. The first-order valence-corrected chi connectivity index (χ1v) is 6.28. The number of nitrogens with zero attached hydrogens (tertiary/aromatic N) is 2. The Balaban J connectivity index is 2.08. The molecular weight excluding hydrogens is 336 g/mol. The van der Waals surface area contributed by atoms with Gasteiger partial charge in [-0.15, -0.1) is 0 Å². The predicted molar refractivity (Wildman–Crippen MR) is 74.7 cm³/mol. The number of nitrogens with one attached hydrogen (secondary N) is 1. The fraction of sp³-hybridized carbons (Fsp3) is 0.182. The molecule has 0 unspecified atom stereocenters. The van der Waals surface area contributed by atoms with E-state index in [0.29, 0.717) is 0 Å². The van der Waals surface area contributed by atoms with Crippen LogP contribution in [0.25, 0.3) is 0 Å². The zero-order chi connectivity index (χ0) is 11.5. The predicted octanol–water partition coefficient (Wildman–Crippen LogP) is 3.29. The van der Waals surface area contributed by atoms with Crippen molar-refractivity contribution in [1.82, 2.24) is 9.78 Å². The minimum absolute atomic E-state index is 0.758. The van der Waals surface area contributed by atoms with Gasteiger partial charge in [0.1, 0.15) is 0 Å². The average Bonchev–Trinajstić information content (AvgIpc) is 2.63. The van der Waals surface area contributed by atoms with Gasteiger partial charge in [-0.3, -0.25) is 4.68 Å². The van der Waals surface area contributed by atoms with Gasteiger partial charge in [0.25, 0.3) is 0 Å². The Morgan fingerprint density at radius 3 is 2.88 bits per heavy atom.